The van der Waals surface area contributed by atoms with E-state index in [2.05, 4.69) is 182 Å². The third kappa shape index (κ3) is 3.96. The number of nitrogens with zero attached hydrogens (tertiary/aromatic N) is 2. The van der Waals surface area contributed by atoms with Gasteiger partial charge in [-0.05, 0) is 69.8 Å². The first-order valence-electron chi connectivity index (χ1n) is 16.1. The molecule has 0 amide bonds. The van der Waals surface area contributed by atoms with Crippen molar-refractivity contribution in [3.8, 4) is 11.1 Å². The molecule has 220 valence electrons. The predicted molar refractivity (Wildman–Crippen MR) is 197 cm³/mol. The van der Waals surface area contributed by atoms with Gasteiger partial charge in [-0.25, -0.2) is 0 Å². The SMILES string of the molecule is CC(C)(C)c1ccc(N(c2cc3c4ccccc4n4c5ccccc5c(c2)c34)c2ccc3ccccc3c2-c2ccccc2)cc1. The topological polar surface area (TPSA) is 7.65 Å². The van der Waals surface area contributed by atoms with E-state index in [1.54, 1.807) is 0 Å². The summed E-state index contributed by atoms with van der Waals surface area (Å²) in [4.78, 5) is 2.48. The maximum atomic E-state index is 2.48. The Hall–Kier alpha value is -5.60. The van der Waals surface area contributed by atoms with Crippen LogP contribution < -0.4 is 4.90 Å². The zero-order valence-corrected chi connectivity index (χ0v) is 26.3. The molecule has 2 heteroatoms. The molecule has 0 saturated heterocycles. The lowest BCUT2D eigenvalue weighted by Gasteiger charge is -2.30. The van der Waals surface area contributed by atoms with Crippen LogP contribution in [-0.2, 0) is 5.41 Å². The minimum absolute atomic E-state index is 0.0673. The molecule has 0 aliphatic rings. The molecule has 9 rings (SSSR count). The maximum absolute atomic E-state index is 2.48. The smallest absolute Gasteiger partial charge is 0.0622 e. The second kappa shape index (κ2) is 9.95. The van der Waals surface area contributed by atoms with Gasteiger partial charge in [-0.15, -0.1) is 0 Å². The number of para-hydroxylation sites is 2. The van der Waals surface area contributed by atoms with E-state index in [-0.39, 0.29) is 5.41 Å². The first kappa shape index (κ1) is 26.8. The average Bonchev–Trinajstić information content (AvgIpc) is 3.60. The molecule has 2 aromatic heterocycles. The lowest BCUT2D eigenvalue weighted by molar-refractivity contribution is 0.590. The summed E-state index contributed by atoms with van der Waals surface area (Å²) < 4.78 is 2.45. The van der Waals surface area contributed by atoms with Crippen LogP contribution in [0.25, 0.3) is 60.0 Å². The molecular formula is C44H34N2. The quantitative estimate of drug-likeness (QED) is 0.198. The molecule has 46 heavy (non-hydrogen) atoms. The Balaban J connectivity index is 1.41. The average molecular weight is 591 g/mol. The van der Waals surface area contributed by atoms with Gasteiger partial charge in [0.15, 0.2) is 0 Å². The van der Waals surface area contributed by atoms with Crippen molar-refractivity contribution < 1.29 is 0 Å². The summed E-state index contributed by atoms with van der Waals surface area (Å²) in [5.41, 5.74) is 11.1. The molecule has 2 nitrogen and oxygen atoms in total. The van der Waals surface area contributed by atoms with Gasteiger partial charge in [0.1, 0.15) is 0 Å². The van der Waals surface area contributed by atoms with Crippen molar-refractivity contribution in [3.05, 3.63) is 157 Å². The molecule has 0 spiro atoms. The van der Waals surface area contributed by atoms with E-state index >= 15 is 0 Å². The third-order valence-electron chi connectivity index (χ3n) is 9.65. The standard InChI is InChI=1S/C44H34N2/c1-44(2,3)31-22-24-32(25-23-31)45(41-26-21-29-13-7-8-16-34(29)42(41)30-14-5-4-6-15-30)33-27-37-35-17-9-11-19-39(35)46-40-20-12-10-18-36(40)38(28-33)43(37)46/h4-28H,1-3H3. The third-order valence-corrected chi connectivity index (χ3v) is 9.65. The van der Waals surface area contributed by atoms with Crippen molar-refractivity contribution in [1.82, 2.24) is 4.40 Å². The summed E-state index contributed by atoms with van der Waals surface area (Å²) in [5, 5.41) is 7.59. The second-order valence-corrected chi connectivity index (χ2v) is 13.4. The Morgan fingerprint density at radius 2 is 1.04 bits per heavy atom. The van der Waals surface area contributed by atoms with Crippen molar-refractivity contribution in [2.45, 2.75) is 26.2 Å². The summed E-state index contributed by atoms with van der Waals surface area (Å²) in [6.45, 7) is 6.83. The van der Waals surface area contributed by atoms with Crippen molar-refractivity contribution >= 4 is 65.9 Å². The van der Waals surface area contributed by atoms with Gasteiger partial charge in [0, 0.05) is 38.5 Å². The van der Waals surface area contributed by atoms with Crippen LogP contribution in [0.15, 0.2) is 152 Å². The lowest BCUT2D eigenvalue weighted by atomic mass is 9.87. The summed E-state index contributed by atoms with van der Waals surface area (Å²) in [7, 11) is 0. The summed E-state index contributed by atoms with van der Waals surface area (Å²) >= 11 is 0. The Labute approximate surface area is 269 Å². The predicted octanol–water partition coefficient (Wildman–Crippen LogP) is 12.4. The van der Waals surface area contributed by atoms with Crippen LogP contribution in [0.5, 0.6) is 0 Å². The van der Waals surface area contributed by atoms with Crippen LogP contribution >= 0.6 is 0 Å². The molecule has 7 aromatic carbocycles. The van der Waals surface area contributed by atoms with E-state index in [9.17, 15) is 0 Å². The van der Waals surface area contributed by atoms with E-state index in [0.29, 0.717) is 0 Å². The zero-order valence-electron chi connectivity index (χ0n) is 26.3. The highest BCUT2D eigenvalue weighted by Gasteiger charge is 2.24. The number of rotatable bonds is 4. The highest BCUT2D eigenvalue weighted by atomic mass is 15.1. The van der Waals surface area contributed by atoms with Gasteiger partial charge >= 0.3 is 0 Å². The van der Waals surface area contributed by atoms with Crippen molar-refractivity contribution in [3.63, 3.8) is 0 Å². The van der Waals surface area contributed by atoms with E-state index in [0.717, 1.165) is 17.1 Å². The molecule has 0 radical (unpaired) electrons. The monoisotopic (exact) mass is 590 g/mol. The summed E-state index contributed by atoms with van der Waals surface area (Å²) in [5.74, 6) is 0. The maximum Gasteiger partial charge on any atom is 0.0622 e. The molecular weight excluding hydrogens is 556 g/mol. The fourth-order valence-electron chi connectivity index (χ4n) is 7.46. The Morgan fingerprint density at radius 3 is 1.67 bits per heavy atom. The Kier molecular flexibility index (Phi) is 5.79. The Bertz CT molecular complexity index is 2460. The molecule has 2 heterocycles. The number of hydrogen-bond acceptors (Lipinski definition) is 1. The van der Waals surface area contributed by atoms with Crippen LogP contribution in [0.2, 0.25) is 0 Å². The first-order chi connectivity index (χ1) is 22.5. The van der Waals surface area contributed by atoms with Gasteiger partial charge in [0.25, 0.3) is 0 Å². The molecule has 0 atom stereocenters. The van der Waals surface area contributed by atoms with E-state index in [1.165, 1.54) is 65.6 Å². The second-order valence-electron chi connectivity index (χ2n) is 13.4. The molecule has 9 aromatic rings. The van der Waals surface area contributed by atoms with Gasteiger partial charge in [-0.1, -0.05) is 130 Å². The molecule has 0 aliphatic heterocycles. The van der Waals surface area contributed by atoms with Crippen LogP contribution in [0.3, 0.4) is 0 Å². The fourth-order valence-corrected chi connectivity index (χ4v) is 7.46. The summed E-state index contributed by atoms with van der Waals surface area (Å²) in [6.07, 6.45) is 0. The molecule has 0 unspecified atom stereocenters. The van der Waals surface area contributed by atoms with Gasteiger partial charge < -0.3 is 9.30 Å². The van der Waals surface area contributed by atoms with Crippen LogP contribution in [-0.4, -0.2) is 4.40 Å². The number of aromatic nitrogens is 1. The number of benzene rings is 7. The Morgan fingerprint density at radius 1 is 0.478 bits per heavy atom. The summed E-state index contributed by atoms with van der Waals surface area (Å²) in [6, 6.07) is 55.8. The lowest BCUT2D eigenvalue weighted by Crippen LogP contribution is -2.14. The molecule has 0 N–H and O–H groups in total. The molecule has 0 saturated carbocycles. The van der Waals surface area contributed by atoms with Crippen molar-refractivity contribution in [2.75, 3.05) is 4.90 Å². The number of fused-ring (bicyclic) bond motifs is 7. The van der Waals surface area contributed by atoms with Crippen LogP contribution in [0.1, 0.15) is 26.3 Å². The van der Waals surface area contributed by atoms with Crippen LogP contribution in [0.4, 0.5) is 17.1 Å². The minimum atomic E-state index is 0.0673. The molecule has 0 bridgehead atoms. The van der Waals surface area contributed by atoms with Gasteiger partial charge in [0.05, 0.1) is 22.2 Å². The number of hydrogen-bond donors (Lipinski definition) is 0. The zero-order chi connectivity index (χ0) is 31.0. The van der Waals surface area contributed by atoms with Gasteiger partial charge in [0.2, 0.25) is 0 Å². The van der Waals surface area contributed by atoms with E-state index < -0.39 is 0 Å². The molecule has 0 aliphatic carbocycles. The van der Waals surface area contributed by atoms with Gasteiger partial charge in [-0.3, -0.25) is 0 Å². The first-order valence-corrected chi connectivity index (χ1v) is 16.1. The normalized spacial score (nSPS) is 12.2. The highest BCUT2D eigenvalue weighted by molar-refractivity contribution is 6.24. The van der Waals surface area contributed by atoms with E-state index in [1.807, 2.05) is 0 Å². The van der Waals surface area contributed by atoms with E-state index in [4.69, 9.17) is 0 Å². The van der Waals surface area contributed by atoms with Crippen molar-refractivity contribution in [2.24, 2.45) is 0 Å². The largest absolute Gasteiger partial charge is 0.310 e. The number of anilines is 3. The van der Waals surface area contributed by atoms with Crippen molar-refractivity contribution in [1.29, 1.82) is 0 Å². The fraction of sp³-hybridized carbons (Fsp3) is 0.0909. The minimum Gasteiger partial charge on any atom is -0.310 e. The highest BCUT2D eigenvalue weighted by Crippen LogP contribution is 2.48. The van der Waals surface area contributed by atoms with Gasteiger partial charge in [-0.2, -0.15) is 0 Å². The van der Waals surface area contributed by atoms with Crippen LogP contribution in [0, 0.1) is 0 Å². The molecule has 0 fully saturated rings.